The number of rotatable bonds is 4. The molecular formula is C19H20N4O2S. The van der Waals surface area contributed by atoms with Crippen molar-refractivity contribution >= 4 is 28.3 Å². The Hall–Kier alpha value is -2.51. The molecule has 1 fully saturated rings. The van der Waals surface area contributed by atoms with Gasteiger partial charge in [-0.05, 0) is 18.2 Å². The smallest absolute Gasteiger partial charge is 0.410 e. The molecule has 7 heteroatoms. The van der Waals surface area contributed by atoms with Gasteiger partial charge in [0, 0.05) is 68.4 Å². The summed E-state index contributed by atoms with van der Waals surface area (Å²) in [4.78, 5) is 25.2. The van der Waals surface area contributed by atoms with Gasteiger partial charge < -0.3 is 9.64 Å². The summed E-state index contributed by atoms with van der Waals surface area (Å²) in [5, 5.41) is 4.20. The Bertz CT molecular complexity index is 876. The molecule has 2 aromatic heterocycles. The van der Waals surface area contributed by atoms with Crippen LogP contribution >= 0.6 is 11.3 Å². The molecule has 1 aromatic carbocycles. The van der Waals surface area contributed by atoms with Crippen LogP contribution in [0.5, 0.6) is 5.75 Å². The maximum Gasteiger partial charge on any atom is 0.415 e. The zero-order valence-corrected chi connectivity index (χ0v) is 15.2. The first-order valence-electron chi connectivity index (χ1n) is 8.70. The molecule has 0 atom stereocenters. The van der Waals surface area contributed by atoms with E-state index in [9.17, 15) is 4.79 Å². The Labute approximate surface area is 156 Å². The van der Waals surface area contributed by atoms with E-state index in [2.05, 4.69) is 14.9 Å². The van der Waals surface area contributed by atoms with E-state index in [1.165, 1.54) is 0 Å². The average Bonchev–Trinajstić information content (AvgIpc) is 3.20. The van der Waals surface area contributed by atoms with E-state index in [0.29, 0.717) is 18.8 Å². The normalized spacial score (nSPS) is 15.3. The van der Waals surface area contributed by atoms with Gasteiger partial charge in [0.2, 0.25) is 0 Å². The van der Waals surface area contributed by atoms with Crippen molar-refractivity contribution in [1.82, 2.24) is 19.8 Å². The molecule has 1 aliphatic heterocycles. The lowest BCUT2D eigenvalue weighted by Gasteiger charge is -2.33. The highest BCUT2D eigenvalue weighted by molar-refractivity contribution is 7.09. The Kier molecular flexibility index (Phi) is 5.08. The van der Waals surface area contributed by atoms with Crippen LogP contribution in [-0.4, -0.2) is 58.6 Å². The molecule has 26 heavy (non-hydrogen) atoms. The molecule has 3 aromatic rings. The van der Waals surface area contributed by atoms with Crippen LogP contribution in [0.1, 0.15) is 5.01 Å². The number of hydrogen-bond donors (Lipinski definition) is 0. The van der Waals surface area contributed by atoms with Gasteiger partial charge in [0.25, 0.3) is 0 Å². The standard InChI is InChI=1S/C19H20N4O2S/c24-19(25-16-4-3-15-2-1-6-20-17(15)14-16)23-11-9-22(10-12-23)8-5-18-21-7-13-26-18/h1-4,6-7,13-14H,5,8-12H2. The lowest BCUT2D eigenvalue weighted by atomic mass is 10.2. The number of thiazole rings is 1. The van der Waals surface area contributed by atoms with E-state index in [-0.39, 0.29) is 6.09 Å². The summed E-state index contributed by atoms with van der Waals surface area (Å²) < 4.78 is 5.54. The van der Waals surface area contributed by atoms with Crippen molar-refractivity contribution in [2.24, 2.45) is 0 Å². The first-order chi connectivity index (χ1) is 12.8. The van der Waals surface area contributed by atoms with E-state index in [1.54, 1.807) is 28.5 Å². The van der Waals surface area contributed by atoms with Crippen molar-refractivity contribution in [2.75, 3.05) is 32.7 Å². The molecule has 0 unspecified atom stereocenters. The first-order valence-corrected chi connectivity index (χ1v) is 9.58. The van der Waals surface area contributed by atoms with Crippen molar-refractivity contribution in [1.29, 1.82) is 0 Å². The first kappa shape index (κ1) is 16.9. The number of benzene rings is 1. The fourth-order valence-corrected chi connectivity index (χ4v) is 3.67. The molecular weight excluding hydrogens is 348 g/mol. The number of pyridine rings is 1. The molecule has 0 radical (unpaired) electrons. The maximum absolute atomic E-state index is 12.4. The lowest BCUT2D eigenvalue weighted by molar-refractivity contribution is 0.111. The molecule has 4 rings (SSSR count). The largest absolute Gasteiger partial charge is 0.415 e. The van der Waals surface area contributed by atoms with E-state index in [1.807, 2.05) is 35.8 Å². The van der Waals surface area contributed by atoms with Gasteiger partial charge in [-0.1, -0.05) is 6.07 Å². The summed E-state index contributed by atoms with van der Waals surface area (Å²) in [6.45, 7) is 4.07. The van der Waals surface area contributed by atoms with Gasteiger partial charge in [0.15, 0.2) is 0 Å². The zero-order valence-electron chi connectivity index (χ0n) is 14.4. The van der Waals surface area contributed by atoms with Crippen LogP contribution < -0.4 is 4.74 Å². The number of hydrogen-bond acceptors (Lipinski definition) is 6. The lowest BCUT2D eigenvalue weighted by Crippen LogP contribution is -2.49. The minimum atomic E-state index is -0.292. The number of ether oxygens (including phenoxy) is 1. The SMILES string of the molecule is O=C(Oc1ccc2cccnc2c1)N1CCN(CCc2nccs2)CC1. The van der Waals surface area contributed by atoms with E-state index >= 15 is 0 Å². The number of fused-ring (bicyclic) bond motifs is 1. The summed E-state index contributed by atoms with van der Waals surface area (Å²) in [5.41, 5.74) is 0.824. The quantitative estimate of drug-likeness (QED) is 0.708. The van der Waals surface area contributed by atoms with Crippen LogP contribution in [0.2, 0.25) is 0 Å². The van der Waals surface area contributed by atoms with Crippen LogP contribution in [0, 0.1) is 0 Å². The van der Waals surface area contributed by atoms with Crippen molar-refractivity contribution in [2.45, 2.75) is 6.42 Å². The highest BCUT2D eigenvalue weighted by Crippen LogP contribution is 2.19. The molecule has 1 aliphatic rings. The summed E-state index contributed by atoms with van der Waals surface area (Å²) >= 11 is 1.69. The highest BCUT2D eigenvalue weighted by Gasteiger charge is 2.22. The van der Waals surface area contributed by atoms with Gasteiger partial charge in [-0.15, -0.1) is 11.3 Å². The third-order valence-corrected chi connectivity index (χ3v) is 5.38. The molecule has 0 bridgehead atoms. The van der Waals surface area contributed by atoms with Crippen LogP contribution in [-0.2, 0) is 6.42 Å². The molecule has 6 nitrogen and oxygen atoms in total. The van der Waals surface area contributed by atoms with Crippen LogP contribution in [0.25, 0.3) is 10.9 Å². The third-order valence-electron chi connectivity index (χ3n) is 4.54. The summed E-state index contributed by atoms with van der Waals surface area (Å²) in [6.07, 6.45) is 4.25. The number of amides is 1. The maximum atomic E-state index is 12.4. The Morgan fingerprint density at radius 3 is 2.81 bits per heavy atom. The molecule has 0 spiro atoms. The number of carbonyl (C=O) groups excluding carboxylic acids is 1. The van der Waals surface area contributed by atoms with Crippen molar-refractivity contribution in [3.63, 3.8) is 0 Å². The predicted octanol–water partition coefficient (Wildman–Crippen LogP) is 3.05. The van der Waals surface area contributed by atoms with Crippen molar-refractivity contribution in [3.8, 4) is 5.75 Å². The van der Waals surface area contributed by atoms with Crippen LogP contribution in [0.4, 0.5) is 4.79 Å². The summed E-state index contributed by atoms with van der Waals surface area (Å²) in [5.74, 6) is 0.535. The fourth-order valence-electron chi connectivity index (χ4n) is 3.06. The number of aromatic nitrogens is 2. The fraction of sp³-hybridized carbons (Fsp3) is 0.316. The minimum absolute atomic E-state index is 0.292. The van der Waals surface area contributed by atoms with Gasteiger partial charge in [-0.3, -0.25) is 9.88 Å². The van der Waals surface area contributed by atoms with Crippen LogP contribution in [0.3, 0.4) is 0 Å². The van der Waals surface area contributed by atoms with Gasteiger partial charge in [-0.25, -0.2) is 9.78 Å². The Morgan fingerprint density at radius 2 is 2.00 bits per heavy atom. The highest BCUT2D eigenvalue weighted by atomic mass is 32.1. The number of piperazine rings is 1. The van der Waals surface area contributed by atoms with E-state index in [4.69, 9.17) is 4.74 Å². The van der Waals surface area contributed by atoms with E-state index < -0.39 is 0 Å². The molecule has 1 saturated heterocycles. The second-order valence-corrected chi connectivity index (χ2v) is 7.21. The Morgan fingerprint density at radius 1 is 1.12 bits per heavy atom. The topological polar surface area (TPSA) is 58.6 Å². The molecule has 3 heterocycles. The van der Waals surface area contributed by atoms with Crippen LogP contribution in [0.15, 0.2) is 48.1 Å². The van der Waals surface area contributed by atoms with Crippen molar-refractivity contribution < 1.29 is 9.53 Å². The zero-order chi connectivity index (χ0) is 17.8. The van der Waals surface area contributed by atoms with E-state index in [0.717, 1.165) is 42.0 Å². The monoisotopic (exact) mass is 368 g/mol. The van der Waals surface area contributed by atoms with Gasteiger partial charge in [0.05, 0.1) is 10.5 Å². The van der Waals surface area contributed by atoms with Gasteiger partial charge in [0.1, 0.15) is 5.75 Å². The Balaban J connectivity index is 1.28. The minimum Gasteiger partial charge on any atom is -0.410 e. The molecule has 1 amide bonds. The second-order valence-electron chi connectivity index (χ2n) is 6.23. The van der Waals surface area contributed by atoms with Crippen molar-refractivity contribution in [3.05, 3.63) is 53.1 Å². The summed E-state index contributed by atoms with van der Waals surface area (Å²) in [6, 6.07) is 9.41. The molecule has 0 aliphatic carbocycles. The number of carbonyl (C=O) groups is 1. The predicted molar refractivity (Wildman–Crippen MR) is 102 cm³/mol. The molecule has 134 valence electrons. The van der Waals surface area contributed by atoms with Gasteiger partial charge in [-0.2, -0.15) is 0 Å². The molecule has 0 N–H and O–H groups in total. The second kappa shape index (κ2) is 7.80. The summed E-state index contributed by atoms with van der Waals surface area (Å²) in [7, 11) is 0. The molecule has 0 saturated carbocycles. The van der Waals surface area contributed by atoms with Gasteiger partial charge >= 0.3 is 6.09 Å². The average molecular weight is 368 g/mol. The third kappa shape index (κ3) is 4.00. The number of nitrogens with zero attached hydrogens (tertiary/aromatic N) is 4.